The Labute approximate surface area is 124 Å². The van der Waals surface area contributed by atoms with Crippen molar-refractivity contribution in [1.29, 1.82) is 0 Å². The number of hydrogen-bond acceptors (Lipinski definition) is 2. The summed E-state index contributed by atoms with van der Waals surface area (Å²) in [6.45, 7) is 1.72. The number of aromatic nitrogens is 2. The molecule has 0 saturated heterocycles. The predicted molar refractivity (Wildman–Crippen MR) is 75.8 cm³/mol. The minimum Gasteiger partial charge on any atom is -0.297 e. The highest BCUT2D eigenvalue weighted by molar-refractivity contribution is 6.30. The van der Waals surface area contributed by atoms with Gasteiger partial charge in [0.25, 0.3) is 5.56 Å². The van der Waals surface area contributed by atoms with Crippen LogP contribution in [0, 0.1) is 11.6 Å². The summed E-state index contributed by atoms with van der Waals surface area (Å²) < 4.78 is 27.0. The zero-order chi connectivity index (χ0) is 15.6. The highest BCUT2D eigenvalue weighted by atomic mass is 35.5. The quantitative estimate of drug-likeness (QED) is 0.881. The Bertz CT molecular complexity index is 784. The number of nitrogens with one attached hydrogen (secondary N) is 1. The van der Waals surface area contributed by atoms with E-state index in [0.717, 1.165) is 16.7 Å². The topological polar surface area (TPSA) is 54.9 Å². The third-order valence-corrected chi connectivity index (χ3v) is 3.38. The van der Waals surface area contributed by atoms with Gasteiger partial charge in [-0.25, -0.2) is 13.6 Å². The van der Waals surface area contributed by atoms with Gasteiger partial charge >= 0.3 is 5.69 Å². The molecule has 7 heteroatoms. The zero-order valence-corrected chi connectivity index (χ0v) is 12.0. The summed E-state index contributed by atoms with van der Waals surface area (Å²) in [5.41, 5.74) is -0.586. The Morgan fingerprint density at radius 3 is 2.57 bits per heavy atom. The van der Waals surface area contributed by atoms with E-state index in [0.29, 0.717) is 24.0 Å². The third kappa shape index (κ3) is 3.21. The average molecular weight is 315 g/mol. The molecular formula is C14H13ClF2N2O2. The molecule has 2 rings (SSSR count). The molecule has 0 aliphatic carbocycles. The molecule has 0 fully saturated rings. The number of halogens is 3. The molecule has 0 unspecified atom stereocenters. The van der Waals surface area contributed by atoms with E-state index in [1.165, 1.54) is 6.07 Å². The second-order valence-corrected chi connectivity index (χ2v) is 4.99. The largest absolute Gasteiger partial charge is 0.329 e. The molecule has 0 saturated carbocycles. The lowest BCUT2D eigenvalue weighted by molar-refractivity contribution is 0.506. The van der Waals surface area contributed by atoms with Gasteiger partial charge in [0.15, 0.2) is 11.6 Å². The van der Waals surface area contributed by atoms with Crippen molar-refractivity contribution in [2.24, 2.45) is 0 Å². The Morgan fingerprint density at radius 2 is 1.95 bits per heavy atom. The lowest BCUT2D eigenvalue weighted by atomic mass is 10.2. The van der Waals surface area contributed by atoms with Gasteiger partial charge in [-0.1, -0.05) is 31.0 Å². The first kappa shape index (κ1) is 15.4. The Morgan fingerprint density at radius 1 is 1.24 bits per heavy atom. The first-order valence-electron chi connectivity index (χ1n) is 6.39. The van der Waals surface area contributed by atoms with E-state index in [1.54, 1.807) is 0 Å². The van der Waals surface area contributed by atoms with Gasteiger partial charge in [-0.3, -0.25) is 14.3 Å². The van der Waals surface area contributed by atoms with Crippen molar-refractivity contribution in [2.75, 3.05) is 0 Å². The van der Waals surface area contributed by atoms with Crippen LogP contribution in [0.4, 0.5) is 8.78 Å². The number of H-pyrrole nitrogens is 1. The Balaban J connectivity index is 2.49. The van der Waals surface area contributed by atoms with Crippen molar-refractivity contribution in [3.63, 3.8) is 0 Å². The first-order valence-corrected chi connectivity index (χ1v) is 6.77. The highest BCUT2D eigenvalue weighted by Gasteiger charge is 2.13. The van der Waals surface area contributed by atoms with Crippen LogP contribution in [-0.2, 0) is 13.0 Å². The molecule has 1 aromatic heterocycles. The highest BCUT2D eigenvalue weighted by Crippen LogP contribution is 2.11. The molecule has 4 nitrogen and oxygen atoms in total. The fourth-order valence-electron chi connectivity index (χ4n) is 2.02. The molecule has 2 aromatic rings. The molecule has 0 aliphatic heterocycles. The summed E-state index contributed by atoms with van der Waals surface area (Å²) >= 11 is 5.86. The predicted octanol–water partition coefficient (Wildman–Crippen LogP) is 2.47. The van der Waals surface area contributed by atoms with Crippen LogP contribution < -0.4 is 11.2 Å². The molecule has 0 aliphatic rings. The maximum absolute atomic E-state index is 13.2. The number of nitrogens with zero attached hydrogens (tertiary/aromatic N) is 1. The number of rotatable bonds is 4. The molecule has 0 atom stereocenters. The van der Waals surface area contributed by atoms with E-state index < -0.39 is 22.9 Å². The van der Waals surface area contributed by atoms with Gasteiger partial charge in [0.1, 0.15) is 5.15 Å². The van der Waals surface area contributed by atoms with Gasteiger partial charge in [0.2, 0.25) is 0 Å². The second-order valence-electron chi connectivity index (χ2n) is 4.61. The summed E-state index contributed by atoms with van der Waals surface area (Å²) in [6.07, 6.45) is 1.11. The van der Waals surface area contributed by atoms with Crippen LogP contribution >= 0.6 is 11.6 Å². The normalized spacial score (nSPS) is 10.9. The van der Waals surface area contributed by atoms with Crippen molar-refractivity contribution in [3.05, 3.63) is 67.0 Å². The maximum atomic E-state index is 13.2. The van der Waals surface area contributed by atoms with Crippen molar-refractivity contribution in [3.8, 4) is 0 Å². The number of hydrogen-bond donors (Lipinski definition) is 1. The minimum absolute atomic E-state index is 0.0217. The number of benzene rings is 1. The molecule has 0 amide bonds. The van der Waals surface area contributed by atoms with Crippen molar-refractivity contribution >= 4 is 11.6 Å². The molecule has 1 heterocycles. The fraction of sp³-hybridized carbons (Fsp3) is 0.286. The summed E-state index contributed by atoms with van der Waals surface area (Å²) in [5, 5.41) is 0.0217. The molecule has 0 spiro atoms. The third-order valence-electron chi connectivity index (χ3n) is 3.05. The Hall–Kier alpha value is -1.95. The van der Waals surface area contributed by atoms with E-state index in [2.05, 4.69) is 4.98 Å². The summed E-state index contributed by atoms with van der Waals surface area (Å²) in [7, 11) is 0. The SMILES string of the molecule is CCCc1c(Cl)[nH]c(=O)n(Cc2ccc(F)c(F)c2)c1=O. The second kappa shape index (κ2) is 6.22. The lowest BCUT2D eigenvalue weighted by Gasteiger charge is -2.09. The fourth-order valence-corrected chi connectivity index (χ4v) is 2.27. The Kier molecular flexibility index (Phi) is 4.57. The molecule has 1 N–H and O–H groups in total. The molecule has 0 radical (unpaired) electrons. The van der Waals surface area contributed by atoms with E-state index in [4.69, 9.17) is 11.6 Å². The summed E-state index contributed by atoms with van der Waals surface area (Å²) in [4.78, 5) is 26.5. The van der Waals surface area contributed by atoms with Crippen molar-refractivity contribution in [1.82, 2.24) is 9.55 Å². The van der Waals surface area contributed by atoms with E-state index in [9.17, 15) is 18.4 Å². The first-order chi connectivity index (χ1) is 9.93. The van der Waals surface area contributed by atoms with Crippen LogP contribution in [0.15, 0.2) is 27.8 Å². The maximum Gasteiger partial charge on any atom is 0.329 e. The van der Waals surface area contributed by atoms with E-state index in [1.807, 2.05) is 6.92 Å². The van der Waals surface area contributed by atoms with Crippen molar-refractivity contribution < 1.29 is 8.78 Å². The van der Waals surface area contributed by atoms with E-state index >= 15 is 0 Å². The minimum atomic E-state index is -1.03. The zero-order valence-electron chi connectivity index (χ0n) is 11.3. The van der Waals surface area contributed by atoms with Gasteiger partial charge < -0.3 is 0 Å². The molecule has 21 heavy (non-hydrogen) atoms. The molecule has 1 aromatic carbocycles. The van der Waals surface area contributed by atoms with Crippen molar-refractivity contribution in [2.45, 2.75) is 26.3 Å². The van der Waals surface area contributed by atoms with Crippen LogP contribution in [0.2, 0.25) is 5.15 Å². The van der Waals surface area contributed by atoms with Crippen LogP contribution in [-0.4, -0.2) is 9.55 Å². The van der Waals surface area contributed by atoms with Gasteiger partial charge in [0, 0.05) is 0 Å². The number of aromatic amines is 1. The van der Waals surface area contributed by atoms with Gasteiger partial charge in [-0.2, -0.15) is 0 Å². The van der Waals surface area contributed by atoms with E-state index in [-0.39, 0.29) is 11.7 Å². The van der Waals surface area contributed by atoms with Crippen LogP contribution in [0.25, 0.3) is 0 Å². The molecule has 0 bridgehead atoms. The summed E-state index contributed by atoms with van der Waals surface area (Å²) in [6, 6.07) is 3.22. The van der Waals surface area contributed by atoms with Crippen LogP contribution in [0.5, 0.6) is 0 Å². The van der Waals surface area contributed by atoms with Gasteiger partial charge in [0.05, 0.1) is 12.1 Å². The monoisotopic (exact) mass is 314 g/mol. The summed E-state index contributed by atoms with van der Waals surface area (Å²) in [5.74, 6) is -2.01. The smallest absolute Gasteiger partial charge is 0.297 e. The van der Waals surface area contributed by atoms with Crippen LogP contribution in [0.3, 0.4) is 0 Å². The van der Waals surface area contributed by atoms with Crippen LogP contribution in [0.1, 0.15) is 24.5 Å². The molecular weight excluding hydrogens is 302 g/mol. The molecule has 112 valence electrons. The van der Waals surface area contributed by atoms with Gasteiger partial charge in [-0.15, -0.1) is 0 Å². The standard InChI is InChI=1S/C14H13ClF2N2O2/c1-2-3-9-12(15)18-14(21)19(13(9)20)7-8-4-5-10(16)11(17)6-8/h4-6H,2-3,7H2,1H3,(H,18,21). The average Bonchev–Trinajstić information content (AvgIpc) is 2.43. The lowest BCUT2D eigenvalue weighted by Crippen LogP contribution is -2.37. The van der Waals surface area contributed by atoms with Gasteiger partial charge in [-0.05, 0) is 24.1 Å².